The Bertz CT molecular complexity index is 1070. The minimum absolute atomic E-state index is 0.359. The lowest BCUT2D eigenvalue weighted by Crippen LogP contribution is -2.31. The third-order valence-corrected chi connectivity index (χ3v) is 5.22. The van der Waals surface area contributed by atoms with Gasteiger partial charge in [0.15, 0.2) is 0 Å². The second kappa shape index (κ2) is 6.04. The standard InChI is InChI=1S/C21H19N5/c1-26-11-17-6-14(18-8-22-13-23-9-18)4-5-19(17)20(12-26)15-2-3-16-10-24-25-21(16)7-15/h2-10,13,20H,11-12H2,1H3,(H,24,25). The van der Waals surface area contributed by atoms with E-state index in [0.717, 1.165) is 29.6 Å². The summed E-state index contributed by atoms with van der Waals surface area (Å²) in [7, 11) is 2.18. The van der Waals surface area contributed by atoms with Crippen molar-refractivity contribution in [2.75, 3.05) is 13.6 Å². The molecule has 0 fully saturated rings. The summed E-state index contributed by atoms with van der Waals surface area (Å²) in [6.45, 7) is 1.97. The zero-order valence-corrected chi connectivity index (χ0v) is 14.6. The van der Waals surface area contributed by atoms with Crippen LogP contribution in [0.4, 0.5) is 0 Å². The fourth-order valence-corrected chi connectivity index (χ4v) is 3.93. The number of benzene rings is 2. The van der Waals surface area contributed by atoms with E-state index < -0.39 is 0 Å². The Morgan fingerprint density at radius 3 is 2.77 bits per heavy atom. The van der Waals surface area contributed by atoms with Crippen molar-refractivity contribution in [3.05, 3.63) is 78.0 Å². The molecule has 128 valence electrons. The summed E-state index contributed by atoms with van der Waals surface area (Å²) in [4.78, 5) is 10.7. The van der Waals surface area contributed by atoms with Gasteiger partial charge in [-0.1, -0.05) is 24.3 Å². The topological polar surface area (TPSA) is 57.7 Å². The maximum atomic E-state index is 4.14. The fraction of sp³-hybridized carbons (Fsp3) is 0.190. The molecule has 4 aromatic rings. The number of rotatable bonds is 2. The van der Waals surface area contributed by atoms with Crippen molar-refractivity contribution in [3.8, 4) is 11.1 Å². The lowest BCUT2D eigenvalue weighted by atomic mass is 9.83. The highest BCUT2D eigenvalue weighted by Gasteiger charge is 2.25. The van der Waals surface area contributed by atoms with Crippen LogP contribution in [0, 0.1) is 0 Å². The maximum absolute atomic E-state index is 4.14. The average molecular weight is 341 g/mol. The number of hydrogen-bond donors (Lipinski definition) is 1. The van der Waals surface area contributed by atoms with Crippen molar-refractivity contribution >= 4 is 10.9 Å². The number of nitrogens with one attached hydrogen (secondary N) is 1. The lowest BCUT2D eigenvalue weighted by molar-refractivity contribution is 0.295. The summed E-state index contributed by atoms with van der Waals surface area (Å²) in [5, 5.41) is 8.38. The molecule has 2 aromatic heterocycles. The number of H-pyrrole nitrogens is 1. The Kier molecular flexibility index (Phi) is 3.53. The third-order valence-electron chi connectivity index (χ3n) is 5.22. The van der Waals surface area contributed by atoms with Crippen molar-refractivity contribution in [2.45, 2.75) is 12.5 Å². The minimum Gasteiger partial charge on any atom is -0.301 e. The normalized spacial score (nSPS) is 17.3. The van der Waals surface area contributed by atoms with E-state index in [1.165, 1.54) is 22.3 Å². The van der Waals surface area contributed by atoms with Crippen LogP contribution in [0.1, 0.15) is 22.6 Å². The minimum atomic E-state index is 0.359. The first-order chi connectivity index (χ1) is 12.8. The molecular weight excluding hydrogens is 322 g/mol. The molecule has 5 nitrogen and oxygen atoms in total. The first-order valence-corrected chi connectivity index (χ1v) is 8.78. The predicted molar refractivity (Wildman–Crippen MR) is 102 cm³/mol. The van der Waals surface area contributed by atoms with Crippen molar-refractivity contribution < 1.29 is 0 Å². The molecule has 5 rings (SSSR count). The Morgan fingerprint density at radius 2 is 1.88 bits per heavy atom. The number of aromatic nitrogens is 4. The molecule has 0 spiro atoms. The first kappa shape index (κ1) is 15.2. The van der Waals surface area contributed by atoms with E-state index in [9.17, 15) is 0 Å². The van der Waals surface area contributed by atoms with Crippen LogP contribution >= 0.6 is 0 Å². The number of aromatic amines is 1. The highest BCUT2D eigenvalue weighted by Crippen LogP contribution is 2.36. The molecule has 1 aliphatic rings. The van der Waals surface area contributed by atoms with Crippen LogP contribution in [0.5, 0.6) is 0 Å². The van der Waals surface area contributed by atoms with Crippen molar-refractivity contribution in [1.29, 1.82) is 0 Å². The van der Waals surface area contributed by atoms with Gasteiger partial charge in [0.05, 0.1) is 11.7 Å². The Labute approximate surface area is 151 Å². The van der Waals surface area contributed by atoms with Crippen LogP contribution in [0.25, 0.3) is 22.0 Å². The van der Waals surface area contributed by atoms with Crippen molar-refractivity contribution in [2.24, 2.45) is 0 Å². The number of fused-ring (bicyclic) bond motifs is 2. The van der Waals surface area contributed by atoms with E-state index in [1.54, 1.807) is 6.33 Å². The first-order valence-electron chi connectivity index (χ1n) is 8.78. The molecule has 1 atom stereocenters. The molecule has 2 aromatic carbocycles. The van der Waals surface area contributed by atoms with Gasteiger partial charge in [-0.05, 0) is 41.4 Å². The van der Waals surface area contributed by atoms with E-state index in [1.807, 2.05) is 18.6 Å². The van der Waals surface area contributed by atoms with Gasteiger partial charge in [-0.15, -0.1) is 0 Å². The van der Waals surface area contributed by atoms with Gasteiger partial charge in [0.25, 0.3) is 0 Å². The van der Waals surface area contributed by atoms with Crippen LogP contribution in [0.3, 0.4) is 0 Å². The molecule has 3 heterocycles. The average Bonchev–Trinajstić information content (AvgIpc) is 3.15. The van der Waals surface area contributed by atoms with Crippen LogP contribution in [0.15, 0.2) is 61.3 Å². The van der Waals surface area contributed by atoms with E-state index in [4.69, 9.17) is 0 Å². The third kappa shape index (κ3) is 2.57. The van der Waals surface area contributed by atoms with E-state index in [2.05, 4.69) is 68.5 Å². The lowest BCUT2D eigenvalue weighted by Gasteiger charge is -2.33. The van der Waals surface area contributed by atoms with Gasteiger partial charge in [0.1, 0.15) is 6.33 Å². The quantitative estimate of drug-likeness (QED) is 0.605. The molecular formula is C21H19N5. The van der Waals surface area contributed by atoms with Crippen LogP contribution in [-0.2, 0) is 6.54 Å². The Balaban J connectivity index is 1.59. The van der Waals surface area contributed by atoms with Crippen molar-refractivity contribution in [3.63, 3.8) is 0 Å². The second-order valence-corrected chi connectivity index (χ2v) is 7.01. The van der Waals surface area contributed by atoms with Gasteiger partial charge >= 0.3 is 0 Å². The van der Waals surface area contributed by atoms with E-state index in [-0.39, 0.29) is 0 Å². The second-order valence-electron chi connectivity index (χ2n) is 7.01. The fourth-order valence-electron chi connectivity index (χ4n) is 3.93. The van der Waals surface area contributed by atoms with E-state index >= 15 is 0 Å². The predicted octanol–water partition coefficient (Wildman–Crippen LogP) is 3.60. The van der Waals surface area contributed by atoms with E-state index in [0.29, 0.717) is 5.92 Å². The smallest absolute Gasteiger partial charge is 0.115 e. The van der Waals surface area contributed by atoms with Crippen molar-refractivity contribution in [1.82, 2.24) is 25.1 Å². The molecule has 1 N–H and O–H groups in total. The summed E-state index contributed by atoms with van der Waals surface area (Å²) in [6.07, 6.45) is 7.17. The Hall–Kier alpha value is -3.05. The molecule has 0 aliphatic carbocycles. The highest BCUT2D eigenvalue weighted by atomic mass is 15.1. The molecule has 0 bridgehead atoms. The molecule has 26 heavy (non-hydrogen) atoms. The zero-order chi connectivity index (χ0) is 17.5. The van der Waals surface area contributed by atoms with Gasteiger partial charge < -0.3 is 4.90 Å². The van der Waals surface area contributed by atoms with Gasteiger partial charge in [-0.3, -0.25) is 5.10 Å². The molecule has 0 saturated carbocycles. The maximum Gasteiger partial charge on any atom is 0.115 e. The molecule has 0 saturated heterocycles. The van der Waals surface area contributed by atoms with Gasteiger partial charge in [0.2, 0.25) is 0 Å². The summed E-state index contributed by atoms with van der Waals surface area (Å²) in [5.74, 6) is 0.359. The largest absolute Gasteiger partial charge is 0.301 e. The van der Waals surface area contributed by atoms with Crippen LogP contribution in [-0.4, -0.2) is 38.7 Å². The molecule has 1 aliphatic heterocycles. The summed E-state index contributed by atoms with van der Waals surface area (Å²) < 4.78 is 0. The SMILES string of the molecule is CN1Cc2cc(-c3cncnc3)ccc2C(c2ccc3cn[nH]c3c2)C1. The Morgan fingerprint density at radius 1 is 1.00 bits per heavy atom. The van der Waals surface area contributed by atoms with Crippen LogP contribution in [0.2, 0.25) is 0 Å². The number of nitrogens with zero attached hydrogens (tertiary/aromatic N) is 4. The van der Waals surface area contributed by atoms with Gasteiger partial charge in [0, 0.05) is 42.4 Å². The molecule has 5 heteroatoms. The summed E-state index contributed by atoms with van der Waals surface area (Å²) in [6, 6.07) is 13.3. The van der Waals surface area contributed by atoms with Gasteiger partial charge in [-0.2, -0.15) is 5.10 Å². The summed E-state index contributed by atoms with van der Waals surface area (Å²) >= 11 is 0. The monoisotopic (exact) mass is 341 g/mol. The zero-order valence-electron chi connectivity index (χ0n) is 14.6. The molecule has 0 amide bonds. The number of likely N-dealkylation sites (N-methyl/N-ethyl adjacent to an activating group) is 1. The molecule has 0 radical (unpaired) electrons. The van der Waals surface area contributed by atoms with Gasteiger partial charge in [-0.25, -0.2) is 9.97 Å². The highest BCUT2D eigenvalue weighted by molar-refractivity contribution is 5.78. The molecule has 1 unspecified atom stereocenters. The number of hydrogen-bond acceptors (Lipinski definition) is 4. The van der Waals surface area contributed by atoms with Crippen LogP contribution < -0.4 is 0 Å². The summed E-state index contributed by atoms with van der Waals surface area (Å²) in [5.41, 5.74) is 7.42.